The summed E-state index contributed by atoms with van der Waals surface area (Å²) in [6.07, 6.45) is -5.83. The molecule has 0 amide bonds. The van der Waals surface area contributed by atoms with Crippen LogP contribution in [0.5, 0.6) is 0 Å². The number of rotatable bonds is 5. The molecular formula is C5H8F5O4P. The van der Waals surface area contributed by atoms with Crippen LogP contribution in [0.25, 0.3) is 0 Å². The molecule has 1 unspecified atom stereocenters. The van der Waals surface area contributed by atoms with Gasteiger partial charge >= 0.3 is 19.9 Å². The van der Waals surface area contributed by atoms with Crippen LogP contribution >= 0.6 is 7.82 Å². The second-order valence-electron chi connectivity index (χ2n) is 2.36. The second-order valence-corrected chi connectivity index (χ2v) is 3.82. The highest BCUT2D eigenvalue weighted by atomic mass is 31.2. The van der Waals surface area contributed by atoms with Crippen molar-refractivity contribution in [3.8, 4) is 0 Å². The lowest BCUT2D eigenvalue weighted by Crippen LogP contribution is -2.40. The van der Waals surface area contributed by atoms with Gasteiger partial charge in [0.1, 0.15) is 6.61 Å². The zero-order chi connectivity index (χ0) is 12.3. The van der Waals surface area contributed by atoms with Gasteiger partial charge in [-0.05, 0) is 6.92 Å². The number of hydrogen-bond donors (Lipinski definition) is 1. The SMILES string of the molecule is CCOP(=O)(O)OCC(F)(F)C(F)(F)F. The summed E-state index contributed by atoms with van der Waals surface area (Å²) >= 11 is 0. The molecule has 0 aromatic rings. The molecule has 15 heavy (non-hydrogen) atoms. The monoisotopic (exact) mass is 258 g/mol. The van der Waals surface area contributed by atoms with Crippen molar-refractivity contribution >= 4 is 7.82 Å². The van der Waals surface area contributed by atoms with Crippen molar-refractivity contribution in [2.24, 2.45) is 0 Å². The minimum atomic E-state index is -5.83. The van der Waals surface area contributed by atoms with Crippen LogP contribution in [0.4, 0.5) is 22.0 Å². The van der Waals surface area contributed by atoms with Gasteiger partial charge in [-0.25, -0.2) is 4.57 Å². The topological polar surface area (TPSA) is 55.8 Å². The highest BCUT2D eigenvalue weighted by Crippen LogP contribution is 2.46. The minimum absolute atomic E-state index is 0.356. The van der Waals surface area contributed by atoms with E-state index in [1.165, 1.54) is 6.92 Å². The summed E-state index contributed by atoms with van der Waals surface area (Å²) in [6, 6.07) is 0. The van der Waals surface area contributed by atoms with Crippen LogP contribution in [0.2, 0.25) is 0 Å². The van der Waals surface area contributed by atoms with Gasteiger partial charge in [0.25, 0.3) is 0 Å². The van der Waals surface area contributed by atoms with Gasteiger partial charge in [0.05, 0.1) is 6.61 Å². The van der Waals surface area contributed by atoms with Crippen molar-refractivity contribution in [1.29, 1.82) is 0 Å². The Morgan fingerprint density at radius 1 is 1.20 bits per heavy atom. The average molecular weight is 258 g/mol. The van der Waals surface area contributed by atoms with E-state index in [4.69, 9.17) is 4.89 Å². The predicted octanol–water partition coefficient (Wildman–Crippen LogP) is 2.34. The molecular weight excluding hydrogens is 250 g/mol. The molecule has 0 heterocycles. The number of halogens is 5. The number of phosphoric acid groups is 1. The van der Waals surface area contributed by atoms with Gasteiger partial charge in [-0.3, -0.25) is 9.05 Å². The Hall–Kier alpha value is -0.240. The molecule has 0 rings (SSSR count). The number of phosphoric ester groups is 1. The van der Waals surface area contributed by atoms with Crippen LogP contribution in [0.3, 0.4) is 0 Å². The van der Waals surface area contributed by atoms with E-state index in [-0.39, 0.29) is 6.61 Å². The van der Waals surface area contributed by atoms with Gasteiger partial charge in [-0.1, -0.05) is 0 Å². The number of hydrogen-bond acceptors (Lipinski definition) is 3. The molecule has 4 nitrogen and oxygen atoms in total. The maximum atomic E-state index is 12.2. The first-order chi connectivity index (χ1) is 6.52. The van der Waals surface area contributed by atoms with Crippen molar-refractivity contribution in [2.45, 2.75) is 19.0 Å². The summed E-state index contributed by atoms with van der Waals surface area (Å²) in [5.74, 6) is -5.19. The highest BCUT2D eigenvalue weighted by molar-refractivity contribution is 7.47. The van der Waals surface area contributed by atoms with Crippen molar-refractivity contribution in [1.82, 2.24) is 0 Å². The molecule has 0 aliphatic heterocycles. The van der Waals surface area contributed by atoms with Crippen molar-refractivity contribution in [3.05, 3.63) is 0 Å². The normalized spacial score (nSPS) is 17.5. The molecule has 0 radical (unpaired) electrons. The summed E-state index contributed by atoms with van der Waals surface area (Å²) in [4.78, 5) is 8.55. The molecule has 0 saturated carbocycles. The lowest BCUT2D eigenvalue weighted by molar-refractivity contribution is -0.290. The van der Waals surface area contributed by atoms with Crippen molar-refractivity contribution in [2.75, 3.05) is 13.2 Å². The third-order valence-electron chi connectivity index (χ3n) is 1.12. The highest BCUT2D eigenvalue weighted by Gasteiger charge is 2.58. The molecule has 0 aliphatic carbocycles. The molecule has 0 spiro atoms. The summed E-state index contributed by atoms with van der Waals surface area (Å²) in [6.45, 7) is -1.37. The summed E-state index contributed by atoms with van der Waals surface area (Å²) in [5, 5.41) is 0. The molecule has 0 bridgehead atoms. The Bertz CT molecular complexity index is 252. The lowest BCUT2D eigenvalue weighted by Gasteiger charge is -2.20. The average Bonchev–Trinajstić information content (AvgIpc) is 1.99. The zero-order valence-corrected chi connectivity index (χ0v) is 8.32. The van der Waals surface area contributed by atoms with Gasteiger partial charge in [0, 0.05) is 0 Å². The van der Waals surface area contributed by atoms with E-state index in [9.17, 15) is 26.5 Å². The van der Waals surface area contributed by atoms with E-state index in [2.05, 4.69) is 9.05 Å². The quantitative estimate of drug-likeness (QED) is 0.607. The molecule has 0 saturated heterocycles. The zero-order valence-electron chi connectivity index (χ0n) is 7.42. The van der Waals surface area contributed by atoms with Crippen LogP contribution < -0.4 is 0 Å². The number of alkyl halides is 5. The van der Waals surface area contributed by atoms with E-state index in [1.807, 2.05) is 0 Å². The fourth-order valence-corrected chi connectivity index (χ4v) is 1.17. The predicted molar refractivity (Wildman–Crippen MR) is 38.4 cm³/mol. The lowest BCUT2D eigenvalue weighted by atomic mass is 10.3. The second kappa shape index (κ2) is 4.73. The van der Waals surface area contributed by atoms with Gasteiger partial charge in [-0.2, -0.15) is 22.0 Å². The van der Waals surface area contributed by atoms with Crippen molar-refractivity contribution in [3.63, 3.8) is 0 Å². The summed E-state index contributed by atoms with van der Waals surface area (Å²) < 4.78 is 77.0. The molecule has 1 atom stereocenters. The van der Waals surface area contributed by atoms with E-state index in [0.29, 0.717) is 0 Å². The van der Waals surface area contributed by atoms with E-state index in [1.54, 1.807) is 0 Å². The molecule has 0 aliphatic rings. The first-order valence-electron chi connectivity index (χ1n) is 3.58. The largest absolute Gasteiger partial charge is 0.472 e. The summed E-state index contributed by atoms with van der Waals surface area (Å²) in [5.41, 5.74) is 0. The van der Waals surface area contributed by atoms with Crippen LogP contribution in [0.15, 0.2) is 0 Å². The van der Waals surface area contributed by atoms with Gasteiger partial charge in [0.2, 0.25) is 0 Å². The first-order valence-corrected chi connectivity index (χ1v) is 5.08. The van der Waals surface area contributed by atoms with Crippen LogP contribution in [-0.4, -0.2) is 30.2 Å². The fraction of sp³-hybridized carbons (Fsp3) is 1.00. The van der Waals surface area contributed by atoms with Gasteiger partial charge in [-0.15, -0.1) is 0 Å². The van der Waals surface area contributed by atoms with Crippen LogP contribution in [-0.2, 0) is 13.6 Å². The maximum Gasteiger partial charge on any atom is 0.472 e. The smallest absolute Gasteiger partial charge is 0.302 e. The van der Waals surface area contributed by atoms with Crippen LogP contribution in [0, 0.1) is 0 Å². The van der Waals surface area contributed by atoms with E-state index in [0.717, 1.165) is 0 Å². The first kappa shape index (κ1) is 14.8. The third kappa shape index (κ3) is 4.87. The Kier molecular flexibility index (Phi) is 4.66. The molecule has 0 aromatic heterocycles. The molecule has 0 aromatic carbocycles. The van der Waals surface area contributed by atoms with Gasteiger partial charge in [0.15, 0.2) is 0 Å². The van der Waals surface area contributed by atoms with E-state index >= 15 is 0 Å². The Labute approximate surface area is 81.6 Å². The Balaban J connectivity index is 4.33. The van der Waals surface area contributed by atoms with Crippen LogP contribution in [0.1, 0.15) is 6.92 Å². The maximum absolute atomic E-state index is 12.2. The fourth-order valence-electron chi connectivity index (χ4n) is 0.445. The third-order valence-corrected chi connectivity index (χ3v) is 2.16. The molecule has 1 N–H and O–H groups in total. The minimum Gasteiger partial charge on any atom is -0.302 e. The van der Waals surface area contributed by atoms with E-state index < -0.39 is 26.5 Å². The van der Waals surface area contributed by atoms with Crippen molar-refractivity contribution < 1.29 is 40.5 Å². The molecule has 92 valence electrons. The molecule has 0 fully saturated rings. The molecule has 10 heteroatoms. The Morgan fingerprint density at radius 2 is 1.67 bits per heavy atom. The Morgan fingerprint density at radius 3 is 2.00 bits per heavy atom. The standard InChI is InChI=1S/C5H8F5O4P/c1-2-13-15(11,12)14-3-4(6,7)5(8,9)10/h2-3H2,1H3,(H,11,12). The summed E-state index contributed by atoms with van der Waals surface area (Å²) in [7, 11) is -4.84. The van der Waals surface area contributed by atoms with Gasteiger partial charge < -0.3 is 4.89 Å².